The highest BCUT2D eigenvalue weighted by atomic mass is 32.1. The van der Waals surface area contributed by atoms with E-state index >= 15 is 0 Å². The number of thiophene rings is 1. The second kappa shape index (κ2) is 7.73. The van der Waals surface area contributed by atoms with Crippen LogP contribution >= 0.6 is 11.3 Å². The Morgan fingerprint density at radius 1 is 1.43 bits per heavy atom. The van der Waals surface area contributed by atoms with Crippen LogP contribution in [0.4, 0.5) is 5.82 Å². The van der Waals surface area contributed by atoms with E-state index in [1.54, 1.807) is 17.5 Å². The van der Waals surface area contributed by atoms with Crippen LogP contribution < -0.4 is 10.6 Å². The number of rotatable bonds is 7. The molecular weight excluding hydrogens is 284 g/mol. The average molecular weight is 304 g/mol. The number of amides is 1. The topological polar surface area (TPSA) is 66.9 Å². The molecule has 2 N–H and O–H groups in total. The third-order valence-electron chi connectivity index (χ3n) is 2.89. The lowest BCUT2D eigenvalue weighted by Gasteiger charge is -2.13. The van der Waals surface area contributed by atoms with E-state index in [1.165, 1.54) is 11.1 Å². The lowest BCUT2D eigenvalue weighted by Crippen LogP contribution is -2.34. The minimum absolute atomic E-state index is 0.0604. The first-order valence-corrected chi connectivity index (χ1v) is 7.96. The van der Waals surface area contributed by atoms with Crippen molar-refractivity contribution in [3.63, 3.8) is 0 Å². The molecule has 0 aliphatic heterocycles. The van der Waals surface area contributed by atoms with Crippen LogP contribution in [0.25, 0.3) is 0 Å². The Hall–Kier alpha value is -1.95. The summed E-state index contributed by atoms with van der Waals surface area (Å²) in [4.78, 5) is 21.8. The summed E-state index contributed by atoms with van der Waals surface area (Å²) in [5.41, 5.74) is 0.342. The predicted octanol–water partition coefficient (Wildman–Crippen LogP) is 2.72. The third-order valence-corrected chi connectivity index (χ3v) is 3.79. The number of anilines is 1. The number of aromatic nitrogens is 2. The summed E-state index contributed by atoms with van der Waals surface area (Å²) in [6, 6.07) is 4.15. The third kappa shape index (κ3) is 4.82. The van der Waals surface area contributed by atoms with Gasteiger partial charge in [-0.15, -0.1) is 11.3 Å². The fourth-order valence-electron chi connectivity index (χ4n) is 1.89. The van der Waals surface area contributed by atoms with Gasteiger partial charge >= 0.3 is 0 Å². The molecule has 0 radical (unpaired) electrons. The predicted molar refractivity (Wildman–Crippen MR) is 85.8 cm³/mol. The molecule has 2 rings (SSSR count). The molecule has 2 aromatic rings. The maximum Gasteiger partial charge on any atom is 0.271 e. The Balaban J connectivity index is 1.93. The Morgan fingerprint density at radius 3 is 3.00 bits per heavy atom. The van der Waals surface area contributed by atoms with Gasteiger partial charge in [-0.3, -0.25) is 9.78 Å². The van der Waals surface area contributed by atoms with Crippen LogP contribution in [0.3, 0.4) is 0 Å². The zero-order chi connectivity index (χ0) is 15.1. The summed E-state index contributed by atoms with van der Waals surface area (Å²) in [7, 11) is 0. The summed E-state index contributed by atoms with van der Waals surface area (Å²) in [5.74, 6) is 0.446. The molecule has 0 aromatic carbocycles. The zero-order valence-electron chi connectivity index (χ0n) is 12.3. The van der Waals surface area contributed by atoms with E-state index in [2.05, 4.69) is 33.6 Å². The molecule has 1 atom stereocenters. The fraction of sp³-hybridized carbons (Fsp3) is 0.400. The van der Waals surface area contributed by atoms with Crippen molar-refractivity contribution in [3.05, 3.63) is 40.5 Å². The van der Waals surface area contributed by atoms with Crippen molar-refractivity contribution in [2.24, 2.45) is 0 Å². The minimum atomic E-state index is -0.188. The molecule has 1 unspecified atom stereocenters. The highest BCUT2D eigenvalue weighted by molar-refractivity contribution is 7.09. The van der Waals surface area contributed by atoms with E-state index in [0.29, 0.717) is 11.5 Å². The van der Waals surface area contributed by atoms with Crippen molar-refractivity contribution in [2.75, 3.05) is 11.9 Å². The molecule has 0 bridgehead atoms. The van der Waals surface area contributed by atoms with Gasteiger partial charge in [-0.05, 0) is 24.8 Å². The van der Waals surface area contributed by atoms with Crippen LogP contribution in [0.5, 0.6) is 0 Å². The van der Waals surface area contributed by atoms with Gasteiger partial charge in [0.25, 0.3) is 5.91 Å². The molecule has 0 fully saturated rings. The van der Waals surface area contributed by atoms with E-state index in [1.807, 2.05) is 18.4 Å². The van der Waals surface area contributed by atoms with Gasteiger partial charge in [-0.1, -0.05) is 13.0 Å². The Morgan fingerprint density at radius 2 is 2.29 bits per heavy atom. The van der Waals surface area contributed by atoms with Crippen LogP contribution in [-0.2, 0) is 6.42 Å². The van der Waals surface area contributed by atoms with Crippen molar-refractivity contribution in [1.29, 1.82) is 0 Å². The maximum atomic E-state index is 12.2. The number of nitrogens with one attached hydrogen (secondary N) is 2. The van der Waals surface area contributed by atoms with Crippen molar-refractivity contribution in [1.82, 2.24) is 15.3 Å². The second-order valence-corrected chi connectivity index (χ2v) is 5.91. The highest BCUT2D eigenvalue weighted by Crippen LogP contribution is 2.11. The molecule has 112 valence electrons. The van der Waals surface area contributed by atoms with Crippen LogP contribution in [0.2, 0.25) is 0 Å². The van der Waals surface area contributed by atoms with Gasteiger partial charge in [0.15, 0.2) is 0 Å². The quantitative estimate of drug-likeness (QED) is 0.825. The van der Waals surface area contributed by atoms with Gasteiger partial charge in [-0.25, -0.2) is 4.98 Å². The van der Waals surface area contributed by atoms with E-state index in [-0.39, 0.29) is 11.9 Å². The molecule has 2 heterocycles. The van der Waals surface area contributed by atoms with Crippen LogP contribution in [-0.4, -0.2) is 28.5 Å². The first kappa shape index (κ1) is 15.4. The summed E-state index contributed by atoms with van der Waals surface area (Å²) < 4.78 is 0. The molecule has 0 saturated heterocycles. The summed E-state index contributed by atoms with van der Waals surface area (Å²) >= 11 is 1.70. The van der Waals surface area contributed by atoms with Crippen molar-refractivity contribution >= 4 is 23.1 Å². The SMILES string of the molecule is CCCNc1cncc(C(=O)NC(C)Cc2cccs2)n1. The van der Waals surface area contributed by atoms with E-state index in [4.69, 9.17) is 0 Å². The Bertz CT molecular complexity index is 571. The molecule has 0 spiro atoms. The second-order valence-electron chi connectivity index (χ2n) is 4.87. The largest absolute Gasteiger partial charge is 0.369 e. The Labute approximate surface area is 128 Å². The summed E-state index contributed by atoms with van der Waals surface area (Å²) in [6.45, 7) is 4.88. The van der Waals surface area contributed by atoms with Crippen molar-refractivity contribution in [2.45, 2.75) is 32.7 Å². The van der Waals surface area contributed by atoms with Gasteiger partial charge in [0.05, 0.1) is 12.4 Å². The average Bonchev–Trinajstić information content (AvgIpc) is 2.98. The highest BCUT2D eigenvalue weighted by Gasteiger charge is 2.13. The lowest BCUT2D eigenvalue weighted by atomic mass is 10.2. The van der Waals surface area contributed by atoms with E-state index < -0.39 is 0 Å². The number of nitrogens with zero attached hydrogens (tertiary/aromatic N) is 2. The molecule has 0 aliphatic carbocycles. The summed E-state index contributed by atoms with van der Waals surface area (Å²) in [5, 5.41) is 8.12. The van der Waals surface area contributed by atoms with Gasteiger partial charge in [-0.2, -0.15) is 0 Å². The molecule has 0 saturated carbocycles. The smallest absolute Gasteiger partial charge is 0.271 e. The van der Waals surface area contributed by atoms with Gasteiger partial charge < -0.3 is 10.6 Å². The number of hydrogen-bond donors (Lipinski definition) is 2. The molecule has 1 amide bonds. The van der Waals surface area contributed by atoms with E-state index in [9.17, 15) is 4.79 Å². The fourth-order valence-corrected chi connectivity index (χ4v) is 2.73. The van der Waals surface area contributed by atoms with Gasteiger partial charge in [0.1, 0.15) is 11.5 Å². The number of carbonyl (C=O) groups excluding carboxylic acids is 1. The molecule has 0 aliphatic rings. The zero-order valence-corrected chi connectivity index (χ0v) is 13.1. The normalized spacial score (nSPS) is 11.9. The molecule has 21 heavy (non-hydrogen) atoms. The van der Waals surface area contributed by atoms with Gasteiger partial charge in [0.2, 0.25) is 0 Å². The molecule has 5 nitrogen and oxygen atoms in total. The van der Waals surface area contributed by atoms with Crippen molar-refractivity contribution < 1.29 is 4.79 Å². The van der Waals surface area contributed by atoms with Crippen molar-refractivity contribution in [3.8, 4) is 0 Å². The molecule has 2 aromatic heterocycles. The van der Waals surface area contributed by atoms with Crippen LogP contribution in [0, 0.1) is 0 Å². The molecular formula is C15H20N4OS. The number of hydrogen-bond acceptors (Lipinski definition) is 5. The first-order chi connectivity index (χ1) is 10.2. The number of carbonyl (C=O) groups is 1. The molecule has 6 heteroatoms. The van der Waals surface area contributed by atoms with Crippen LogP contribution in [0.1, 0.15) is 35.6 Å². The monoisotopic (exact) mass is 304 g/mol. The first-order valence-electron chi connectivity index (χ1n) is 7.08. The maximum absolute atomic E-state index is 12.2. The lowest BCUT2D eigenvalue weighted by molar-refractivity contribution is 0.0935. The van der Waals surface area contributed by atoms with Gasteiger partial charge in [0, 0.05) is 23.9 Å². The van der Waals surface area contributed by atoms with Crippen LogP contribution in [0.15, 0.2) is 29.9 Å². The minimum Gasteiger partial charge on any atom is -0.369 e. The standard InChI is InChI=1S/C15H20N4OS/c1-3-6-17-14-10-16-9-13(19-14)15(20)18-11(2)8-12-5-4-7-21-12/h4-5,7,9-11H,3,6,8H2,1-2H3,(H,17,19)(H,18,20). The Kier molecular flexibility index (Phi) is 5.68. The van der Waals surface area contributed by atoms with E-state index in [0.717, 1.165) is 19.4 Å². The summed E-state index contributed by atoms with van der Waals surface area (Å²) in [6.07, 6.45) is 4.94.